The molecule has 1 fully saturated rings. The van der Waals surface area contributed by atoms with Gasteiger partial charge < -0.3 is 5.32 Å². The molecule has 1 aliphatic rings. The molecule has 4 heteroatoms. The fraction of sp³-hybridized carbons (Fsp3) is 0.611. The van der Waals surface area contributed by atoms with Gasteiger partial charge in [-0.3, -0.25) is 4.79 Å². The van der Waals surface area contributed by atoms with Crippen LogP contribution in [0, 0.1) is 5.92 Å². The molecule has 122 valence electrons. The second-order valence-electron chi connectivity index (χ2n) is 6.20. The van der Waals surface area contributed by atoms with E-state index in [1.165, 1.54) is 44.9 Å². The van der Waals surface area contributed by atoms with Gasteiger partial charge in [0.25, 0.3) is 5.91 Å². The third-order valence-corrected chi connectivity index (χ3v) is 5.47. The van der Waals surface area contributed by atoms with E-state index < -0.39 is 0 Å². The molecule has 1 aliphatic carbocycles. The summed E-state index contributed by atoms with van der Waals surface area (Å²) in [5.41, 5.74) is 1.64. The molecule has 0 heterocycles. The van der Waals surface area contributed by atoms with Crippen LogP contribution in [0.25, 0.3) is 0 Å². The predicted molar refractivity (Wildman–Crippen MR) is 96.8 cm³/mol. The number of rotatable bonds is 5. The summed E-state index contributed by atoms with van der Waals surface area (Å²) in [5.74, 6) is 0.712. The number of carbonyl (C=O) groups excluding carboxylic acids is 1. The lowest BCUT2D eigenvalue weighted by Gasteiger charge is -2.19. The smallest absolute Gasteiger partial charge is 0.252 e. The van der Waals surface area contributed by atoms with Gasteiger partial charge in [0.2, 0.25) is 0 Å². The van der Waals surface area contributed by atoms with Crippen LogP contribution in [0.3, 0.4) is 0 Å². The van der Waals surface area contributed by atoms with Crippen molar-refractivity contribution in [1.82, 2.24) is 5.32 Å². The molecule has 0 spiro atoms. The number of halogens is 2. The van der Waals surface area contributed by atoms with Gasteiger partial charge in [0, 0.05) is 11.9 Å². The van der Waals surface area contributed by atoms with E-state index in [1.807, 2.05) is 12.1 Å². The topological polar surface area (TPSA) is 29.1 Å². The largest absolute Gasteiger partial charge is 0.352 e. The Morgan fingerprint density at radius 1 is 1.18 bits per heavy atom. The van der Waals surface area contributed by atoms with Crippen LogP contribution in [0.5, 0.6) is 0 Å². The number of carbonyl (C=O) groups is 1. The summed E-state index contributed by atoms with van der Waals surface area (Å²) in [7, 11) is 0. The van der Waals surface area contributed by atoms with Gasteiger partial charge in [0.15, 0.2) is 0 Å². The summed E-state index contributed by atoms with van der Waals surface area (Å²) in [6, 6.07) is 5.59. The first-order chi connectivity index (χ1) is 10.7. The van der Waals surface area contributed by atoms with Crippen LogP contribution in [0.2, 0.25) is 5.02 Å². The van der Waals surface area contributed by atoms with E-state index in [-0.39, 0.29) is 5.91 Å². The normalized spacial score (nSPS) is 16.8. The standard InChI is InChI=1S/C18H25BrClNO/c19-13-15-8-9-17(20)16(12-15)18(22)21-11-10-14-6-4-2-1-3-5-7-14/h8-9,12,14H,1-7,10-11,13H2,(H,21,22). The highest BCUT2D eigenvalue weighted by Crippen LogP contribution is 2.24. The quantitative estimate of drug-likeness (QED) is 0.645. The Bertz CT molecular complexity index is 484. The summed E-state index contributed by atoms with van der Waals surface area (Å²) in [5, 5.41) is 4.29. The first-order valence-corrected chi connectivity index (χ1v) is 9.83. The summed E-state index contributed by atoms with van der Waals surface area (Å²) >= 11 is 9.55. The van der Waals surface area contributed by atoms with E-state index in [4.69, 9.17) is 11.6 Å². The fourth-order valence-electron chi connectivity index (χ4n) is 3.14. The molecule has 1 aromatic rings. The van der Waals surface area contributed by atoms with Crippen molar-refractivity contribution in [3.8, 4) is 0 Å². The van der Waals surface area contributed by atoms with Crippen molar-refractivity contribution in [3.05, 3.63) is 34.3 Å². The Morgan fingerprint density at radius 2 is 1.86 bits per heavy atom. The van der Waals surface area contributed by atoms with Gasteiger partial charge in [-0.1, -0.05) is 78.5 Å². The zero-order valence-corrected chi connectivity index (χ0v) is 15.4. The number of hydrogen-bond donors (Lipinski definition) is 1. The van der Waals surface area contributed by atoms with Gasteiger partial charge in [0.05, 0.1) is 10.6 Å². The number of hydrogen-bond acceptors (Lipinski definition) is 1. The molecule has 1 amide bonds. The fourth-order valence-corrected chi connectivity index (χ4v) is 3.70. The number of alkyl halides is 1. The lowest BCUT2D eigenvalue weighted by Crippen LogP contribution is -2.26. The maximum absolute atomic E-state index is 12.3. The van der Waals surface area contributed by atoms with Crippen molar-refractivity contribution in [2.24, 2.45) is 5.92 Å². The third-order valence-electron chi connectivity index (χ3n) is 4.49. The van der Waals surface area contributed by atoms with Crippen molar-refractivity contribution in [2.75, 3.05) is 6.54 Å². The van der Waals surface area contributed by atoms with Crippen LogP contribution in [0.4, 0.5) is 0 Å². The van der Waals surface area contributed by atoms with Gasteiger partial charge in [-0.15, -0.1) is 0 Å². The van der Waals surface area contributed by atoms with E-state index in [0.29, 0.717) is 10.6 Å². The molecule has 2 rings (SSSR count). The van der Waals surface area contributed by atoms with E-state index in [2.05, 4.69) is 21.2 Å². The predicted octanol–water partition coefficient (Wildman–Crippen LogP) is 5.72. The molecule has 1 saturated carbocycles. The monoisotopic (exact) mass is 385 g/mol. The van der Waals surface area contributed by atoms with Crippen molar-refractivity contribution in [2.45, 2.75) is 56.7 Å². The molecule has 22 heavy (non-hydrogen) atoms. The zero-order chi connectivity index (χ0) is 15.8. The van der Waals surface area contributed by atoms with Gasteiger partial charge in [-0.05, 0) is 30.0 Å². The zero-order valence-electron chi connectivity index (χ0n) is 13.0. The molecule has 0 atom stereocenters. The SMILES string of the molecule is O=C(NCCC1CCCCCCC1)c1cc(CBr)ccc1Cl. The van der Waals surface area contributed by atoms with Gasteiger partial charge >= 0.3 is 0 Å². The van der Waals surface area contributed by atoms with Gasteiger partial charge in [0.1, 0.15) is 0 Å². The molecule has 0 radical (unpaired) electrons. The van der Waals surface area contributed by atoms with Crippen LogP contribution < -0.4 is 5.32 Å². The maximum atomic E-state index is 12.3. The highest BCUT2D eigenvalue weighted by Gasteiger charge is 2.14. The highest BCUT2D eigenvalue weighted by molar-refractivity contribution is 9.08. The van der Waals surface area contributed by atoms with Crippen molar-refractivity contribution in [3.63, 3.8) is 0 Å². The van der Waals surface area contributed by atoms with Crippen LogP contribution in [0.1, 0.15) is 67.3 Å². The Hall–Kier alpha value is -0.540. The van der Waals surface area contributed by atoms with Crippen LogP contribution in [0.15, 0.2) is 18.2 Å². The average Bonchev–Trinajstić information content (AvgIpc) is 2.49. The number of nitrogens with one attached hydrogen (secondary N) is 1. The number of amides is 1. The Labute approximate surface area is 147 Å². The van der Waals surface area contributed by atoms with Crippen molar-refractivity contribution in [1.29, 1.82) is 0 Å². The lowest BCUT2D eigenvalue weighted by atomic mass is 9.89. The summed E-state index contributed by atoms with van der Waals surface area (Å²) in [4.78, 5) is 12.3. The molecule has 0 saturated heterocycles. The van der Waals surface area contributed by atoms with Crippen LogP contribution >= 0.6 is 27.5 Å². The number of benzene rings is 1. The van der Waals surface area contributed by atoms with Gasteiger partial charge in [-0.2, -0.15) is 0 Å². The van der Waals surface area contributed by atoms with E-state index in [9.17, 15) is 4.79 Å². The van der Waals surface area contributed by atoms with E-state index >= 15 is 0 Å². The van der Waals surface area contributed by atoms with E-state index in [1.54, 1.807) is 6.07 Å². The Balaban J connectivity index is 1.82. The summed E-state index contributed by atoms with van der Waals surface area (Å²) in [6.45, 7) is 0.748. The summed E-state index contributed by atoms with van der Waals surface area (Å²) in [6.07, 6.45) is 10.5. The van der Waals surface area contributed by atoms with Crippen LogP contribution in [-0.4, -0.2) is 12.5 Å². The first kappa shape index (κ1) is 17.8. The molecule has 0 aromatic heterocycles. The van der Waals surface area contributed by atoms with Gasteiger partial charge in [-0.25, -0.2) is 0 Å². The maximum Gasteiger partial charge on any atom is 0.252 e. The molecular formula is C18H25BrClNO. The Morgan fingerprint density at radius 3 is 2.55 bits per heavy atom. The Kier molecular flexibility index (Phi) is 7.74. The second-order valence-corrected chi connectivity index (χ2v) is 7.17. The summed E-state index contributed by atoms with van der Waals surface area (Å²) < 4.78 is 0. The highest BCUT2D eigenvalue weighted by atomic mass is 79.9. The third kappa shape index (κ3) is 5.58. The minimum atomic E-state index is -0.0568. The minimum absolute atomic E-state index is 0.0568. The van der Waals surface area contributed by atoms with Crippen molar-refractivity contribution < 1.29 is 4.79 Å². The molecule has 0 unspecified atom stereocenters. The average molecular weight is 387 g/mol. The molecular weight excluding hydrogens is 362 g/mol. The molecule has 0 aliphatic heterocycles. The minimum Gasteiger partial charge on any atom is -0.352 e. The molecule has 1 N–H and O–H groups in total. The van der Waals surface area contributed by atoms with Crippen molar-refractivity contribution >= 4 is 33.4 Å². The first-order valence-electron chi connectivity index (χ1n) is 8.33. The van der Waals surface area contributed by atoms with Crippen LogP contribution in [-0.2, 0) is 5.33 Å². The molecule has 2 nitrogen and oxygen atoms in total. The molecule has 1 aromatic carbocycles. The lowest BCUT2D eigenvalue weighted by molar-refractivity contribution is 0.0950. The van der Waals surface area contributed by atoms with E-state index in [0.717, 1.165) is 29.8 Å². The molecule has 0 bridgehead atoms. The second kappa shape index (κ2) is 9.57.